The third kappa shape index (κ3) is 4.30. The molecule has 0 bridgehead atoms. The summed E-state index contributed by atoms with van der Waals surface area (Å²) in [5.41, 5.74) is 1.26. The fraction of sp³-hybridized carbons (Fsp3) is 0.600. The molecule has 1 atom stereocenters. The van der Waals surface area contributed by atoms with Crippen LogP contribution in [0, 0.1) is 0 Å². The monoisotopic (exact) mass is 296 g/mol. The number of sulfone groups is 1. The van der Waals surface area contributed by atoms with E-state index in [1.54, 1.807) is 0 Å². The van der Waals surface area contributed by atoms with Gasteiger partial charge in [-0.15, -0.1) is 0 Å². The van der Waals surface area contributed by atoms with Crippen molar-refractivity contribution in [2.75, 3.05) is 31.6 Å². The number of benzene rings is 1. The van der Waals surface area contributed by atoms with Gasteiger partial charge in [-0.25, -0.2) is 8.42 Å². The molecule has 112 valence electrons. The maximum atomic E-state index is 11.4. The molecule has 0 aliphatic carbocycles. The molecular formula is C15H24N2O2S. The smallest absolute Gasteiger partial charge is 0.148 e. The first-order valence-corrected chi connectivity index (χ1v) is 9.05. The van der Waals surface area contributed by atoms with Crippen molar-refractivity contribution < 1.29 is 8.42 Å². The first-order valence-electron chi connectivity index (χ1n) is 6.99. The van der Waals surface area contributed by atoms with Crippen molar-refractivity contribution in [3.8, 4) is 0 Å². The fourth-order valence-corrected chi connectivity index (χ4v) is 3.26. The van der Waals surface area contributed by atoms with Crippen LogP contribution < -0.4 is 5.32 Å². The second-order valence-electron chi connectivity index (χ2n) is 6.29. The van der Waals surface area contributed by atoms with Gasteiger partial charge in [-0.3, -0.25) is 4.90 Å². The summed E-state index contributed by atoms with van der Waals surface area (Å²) in [4.78, 5) is 2.28. The van der Waals surface area contributed by atoms with Crippen LogP contribution in [0.25, 0.3) is 0 Å². The van der Waals surface area contributed by atoms with E-state index in [4.69, 9.17) is 0 Å². The standard InChI is InChI=1S/C15H24N2O2S/c1-15(2)12-17(9-10-20(3,18)19)14(11-16-15)13-7-5-4-6-8-13/h4-8,14,16H,9-12H2,1-3H3. The Morgan fingerprint density at radius 3 is 2.55 bits per heavy atom. The van der Waals surface area contributed by atoms with Crippen LogP contribution in [0.2, 0.25) is 0 Å². The first-order chi connectivity index (χ1) is 9.27. The van der Waals surface area contributed by atoms with Gasteiger partial charge in [0.2, 0.25) is 0 Å². The van der Waals surface area contributed by atoms with Gasteiger partial charge in [0.15, 0.2) is 0 Å². The molecule has 1 fully saturated rings. The van der Waals surface area contributed by atoms with E-state index in [1.165, 1.54) is 11.8 Å². The summed E-state index contributed by atoms with van der Waals surface area (Å²) < 4.78 is 22.9. The zero-order valence-corrected chi connectivity index (χ0v) is 13.3. The number of nitrogens with one attached hydrogen (secondary N) is 1. The molecule has 1 unspecified atom stereocenters. The van der Waals surface area contributed by atoms with Crippen LogP contribution in [-0.2, 0) is 9.84 Å². The van der Waals surface area contributed by atoms with Crippen LogP contribution in [0.5, 0.6) is 0 Å². The number of rotatable bonds is 4. The van der Waals surface area contributed by atoms with Gasteiger partial charge in [0.25, 0.3) is 0 Å². The molecule has 1 N–H and O–H groups in total. The number of hydrogen-bond donors (Lipinski definition) is 1. The van der Waals surface area contributed by atoms with E-state index in [0.717, 1.165) is 13.1 Å². The second-order valence-corrected chi connectivity index (χ2v) is 8.55. The minimum absolute atomic E-state index is 0.0167. The summed E-state index contributed by atoms with van der Waals surface area (Å²) >= 11 is 0. The molecule has 1 saturated heterocycles. The lowest BCUT2D eigenvalue weighted by Crippen LogP contribution is -2.58. The van der Waals surface area contributed by atoms with Crippen molar-refractivity contribution in [2.45, 2.75) is 25.4 Å². The predicted molar refractivity (Wildman–Crippen MR) is 82.5 cm³/mol. The molecule has 1 aliphatic rings. The molecule has 0 saturated carbocycles. The third-order valence-corrected chi connectivity index (χ3v) is 4.67. The molecule has 20 heavy (non-hydrogen) atoms. The molecular weight excluding hydrogens is 272 g/mol. The Morgan fingerprint density at radius 2 is 1.95 bits per heavy atom. The summed E-state index contributed by atoms with van der Waals surface area (Å²) in [6.45, 7) is 6.59. The lowest BCUT2D eigenvalue weighted by atomic mass is 9.95. The predicted octanol–water partition coefficient (Wildman–Crippen LogP) is 1.46. The topological polar surface area (TPSA) is 49.4 Å². The molecule has 1 aromatic carbocycles. The Bertz CT molecular complexity index is 540. The minimum atomic E-state index is -2.93. The molecule has 0 radical (unpaired) electrons. The van der Waals surface area contributed by atoms with E-state index in [2.05, 4.69) is 36.2 Å². The zero-order valence-electron chi connectivity index (χ0n) is 12.5. The van der Waals surface area contributed by atoms with Gasteiger partial charge in [-0.1, -0.05) is 30.3 Å². The van der Waals surface area contributed by atoms with Gasteiger partial charge < -0.3 is 5.32 Å². The summed E-state index contributed by atoms with van der Waals surface area (Å²) in [7, 11) is -2.93. The summed E-state index contributed by atoms with van der Waals surface area (Å²) in [6.07, 6.45) is 1.30. The quantitative estimate of drug-likeness (QED) is 0.914. The molecule has 5 heteroatoms. The fourth-order valence-electron chi connectivity index (χ4n) is 2.70. The van der Waals surface area contributed by atoms with Crippen molar-refractivity contribution in [3.63, 3.8) is 0 Å². The highest BCUT2D eigenvalue weighted by molar-refractivity contribution is 7.90. The van der Waals surface area contributed by atoms with Gasteiger partial charge in [-0.05, 0) is 19.4 Å². The molecule has 1 aromatic rings. The van der Waals surface area contributed by atoms with Crippen LogP contribution in [-0.4, -0.2) is 50.5 Å². The van der Waals surface area contributed by atoms with E-state index < -0.39 is 9.84 Å². The Balaban J connectivity index is 2.16. The highest BCUT2D eigenvalue weighted by Gasteiger charge is 2.33. The number of piperazine rings is 1. The maximum Gasteiger partial charge on any atom is 0.148 e. The van der Waals surface area contributed by atoms with Crippen molar-refractivity contribution in [3.05, 3.63) is 35.9 Å². The van der Waals surface area contributed by atoms with E-state index >= 15 is 0 Å². The summed E-state index contributed by atoms with van der Waals surface area (Å²) in [5, 5.41) is 3.54. The lowest BCUT2D eigenvalue weighted by Gasteiger charge is -2.44. The van der Waals surface area contributed by atoms with Gasteiger partial charge >= 0.3 is 0 Å². The van der Waals surface area contributed by atoms with Gasteiger partial charge in [0.1, 0.15) is 9.84 Å². The van der Waals surface area contributed by atoms with Crippen molar-refractivity contribution in [2.24, 2.45) is 0 Å². The first kappa shape index (κ1) is 15.5. The summed E-state index contributed by atoms with van der Waals surface area (Å²) in [6, 6.07) is 10.5. The molecule has 0 amide bonds. The van der Waals surface area contributed by atoms with Crippen LogP contribution in [0.1, 0.15) is 25.5 Å². The molecule has 1 heterocycles. The highest BCUT2D eigenvalue weighted by atomic mass is 32.2. The van der Waals surface area contributed by atoms with Gasteiger partial charge in [0.05, 0.1) is 5.75 Å². The SMILES string of the molecule is CC1(C)CN(CCS(C)(=O)=O)C(c2ccccc2)CN1. The van der Waals surface area contributed by atoms with Crippen LogP contribution in [0.4, 0.5) is 0 Å². The molecule has 2 rings (SSSR count). The van der Waals surface area contributed by atoms with Crippen molar-refractivity contribution in [1.29, 1.82) is 0 Å². The van der Waals surface area contributed by atoms with E-state index in [0.29, 0.717) is 6.54 Å². The normalized spacial score (nSPS) is 23.6. The van der Waals surface area contributed by atoms with Gasteiger partial charge in [-0.2, -0.15) is 0 Å². The Hall–Kier alpha value is -0.910. The summed E-state index contributed by atoms with van der Waals surface area (Å²) in [5.74, 6) is 0.215. The molecule has 0 spiro atoms. The van der Waals surface area contributed by atoms with Crippen LogP contribution >= 0.6 is 0 Å². The zero-order chi connectivity index (χ0) is 14.8. The average Bonchev–Trinajstić information content (AvgIpc) is 2.36. The van der Waals surface area contributed by atoms with Crippen LogP contribution in [0.3, 0.4) is 0 Å². The highest BCUT2D eigenvalue weighted by Crippen LogP contribution is 2.26. The van der Waals surface area contributed by atoms with Crippen molar-refractivity contribution >= 4 is 9.84 Å². The number of hydrogen-bond acceptors (Lipinski definition) is 4. The second kappa shape index (κ2) is 5.84. The van der Waals surface area contributed by atoms with Crippen LogP contribution in [0.15, 0.2) is 30.3 Å². The van der Waals surface area contributed by atoms with E-state index in [9.17, 15) is 8.42 Å². The van der Waals surface area contributed by atoms with Gasteiger partial charge in [0, 0.05) is 37.5 Å². The lowest BCUT2D eigenvalue weighted by molar-refractivity contribution is 0.102. The molecule has 1 aliphatic heterocycles. The average molecular weight is 296 g/mol. The van der Waals surface area contributed by atoms with E-state index in [1.807, 2.05) is 18.2 Å². The minimum Gasteiger partial charge on any atom is -0.309 e. The third-order valence-electron chi connectivity index (χ3n) is 3.75. The maximum absolute atomic E-state index is 11.4. The Labute approximate surface area is 122 Å². The number of nitrogens with zero attached hydrogens (tertiary/aromatic N) is 1. The molecule has 4 nitrogen and oxygen atoms in total. The Kier molecular flexibility index (Phi) is 4.52. The Morgan fingerprint density at radius 1 is 1.30 bits per heavy atom. The van der Waals surface area contributed by atoms with E-state index in [-0.39, 0.29) is 17.3 Å². The molecule has 0 aromatic heterocycles. The van der Waals surface area contributed by atoms with Crippen molar-refractivity contribution in [1.82, 2.24) is 10.2 Å². The largest absolute Gasteiger partial charge is 0.309 e.